The molecule has 4 heteroatoms. The lowest BCUT2D eigenvalue weighted by molar-refractivity contribution is -0.141. The Morgan fingerprint density at radius 1 is 1.36 bits per heavy atom. The Labute approximate surface area is 91.1 Å². The van der Waals surface area contributed by atoms with Crippen LogP contribution in [0.5, 0.6) is 5.75 Å². The number of rotatable bonds is 4. The zero-order valence-corrected chi connectivity index (χ0v) is 9.41. The molecule has 0 radical (unpaired) electrons. The average molecular weight is 259 g/mol. The van der Waals surface area contributed by atoms with E-state index in [0.29, 0.717) is 6.61 Å². The molecule has 0 unspecified atom stereocenters. The summed E-state index contributed by atoms with van der Waals surface area (Å²) in [6.07, 6.45) is 0. The molecule has 14 heavy (non-hydrogen) atoms. The van der Waals surface area contributed by atoms with Crippen LogP contribution >= 0.6 is 15.9 Å². The van der Waals surface area contributed by atoms with Gasteiger partial charge in [-0.1, -0.05) is 28.1 Å². The Hall–Kier alpha value is -1.03. The van der Waals surface area contributed by atoms with Crippen molar-refractivity contribution in [2.24, 2.45) is 0 Å². The van der Waals surface area contributed by atoms with Crippen LogP contribution in [-0.4, -0.2) is 18.4 Å². The highest BCUT2D eigenvalue weighted by molar-refractivity contribution is 9.09. The van der Waals surface area contributed by atoms with Crippen molar-refractivity contribution < 1.29 is 14.3 Å². The Bertz CT molecular complexity index is 295. The Morgan fingerprint density at radius 2 is 2.00 bits per heavy atom. The molecule has 0 fully saturated rings. The van der Waals surface area contributed by atoms with E-state index in [2.05, 4.69) is 15.9 Å². The molecule has 0 bridgehead atoms. The maximum atomic E-state index is 10.8. The fourth-order valence-electron chi connectivity index (χ4n) is 0.924. The monoisotopic (exact) mass is 258 g/mol. The fraction of sp³-hybridized carbons (Fsp3) is 0.300. The maximum Gasteiger partial charge on any atom is 0.316 e. The predicted molar refractivity (Wildman–Crippen MR) is 56.6 cm³/mol. The summed E-state index contributed by atoms with van der Waals surface area (Å²) in [7, 11) is 1.61. The number of carbonyl (C=O) groups excluding carboxylic acids is 1. The topological polar surface area (TPSA) is 35.5 Å². The molecule has 1 aromatic rings. The molecule has 0 saturated carbocycles. The second-order valence-corrected chi connectivity index (χ2v) is 3.20. The molecule has 1 aromatic carbocycles. The number of benzene rings is 1. The van der Waals surface area contributed by atoms with E-state index in [0.717, 1.165) is 11.3 Å². The maximum absolute atomic E-state index is 10.8. The zero-order valence-electron chi connectivity index (χ0n) is 7.83. The summed E-state index contributed by atoms with van der Waals surface area (Å²) in [5.74, 6) is 0.529. The molecule has 0 aliphatic heterocycles. The number of hydrogen-bond acceptors (Lipinski definition) is 3. The summed E-state index contributed by atoms with van der Waals surface area (Å²) in [5, 5.41) is 0.225. The van der Waals surface area contributed by atoms with Gasteiger partial charge < -0.3 is 9.47 Å². The molecule has 0 heterocycles. The van der Waals surface area contributed by atoms with E-state index >= 15 is 0 Å². The third-order valence-electron chi connectivity index (χ3n) is 1.67. The summed E-state index contributed by atoms with van der Waals surface area (Å²) in [6, 6.07) is 7.38. The third-order valence-corrected chi connectivity index (χ3v) is 2.13. The summed E-state index contributed by atoms with van der Waals surface area (Å²) >= 11 is 3.02. The van der Waals surface area contributed by atoms with Crippen LogP contribution in [0.25, 0.3) is 0 Å². The first kappa shape index (κ1) is 11.0. The second kappa shape index (κ2) is 5.65. The first-order valence-corrected chi connectivity index (χ1v) is 5.23. The lowest BCUT2D eigenvalue weighted by Gasteiger charge is -2.04. The molecular weight excluding hydrogens is 248 g/mol. The predicted octanol–water partition coefficient (Wildman–Crippen LogP) is 2.13. The van der Waals surface area contributed by atoms with E-state index in [1.165, 1.54) is 0 Å². The summed E-state index contributed by atoms with van der Waals surface area (Å²) < 4.78 is 9.92. The molecule has 0 amide bonds. The second-order valence-electron chi connectivity index (χ2n) is 2.64. The molecule has 76 valence electrons. The fourth-order valence-corrected chi connectivity index (χ4v) is 1.09. The molecule has 0 aliphatic carbocycles. The minimum Gasteiger partial charge on any atom is -0.497 e. The first-order chi connectivity index (χ1) is 6.76. The van der Waals surface area contributed by atoms with Crippen LogP contribution in [0, 0.1) is 0 Å². The molecule has 1 rings (SSSR count). The van der Waals surface area contributed by atoms with Gasteiger partial charge in [-0.15, -0.1) is 0 Å². The number of esters is 1. The quantitative estimate of drug-likeness (QED) is 0.613. The van der Waals surface area contributed by atoms with Crippen LogP contribution in [0.15, 0.2) is 24.3 Å². The van der Waals surface area contributed by atoms with Gasteiger partial charge in [0.2, 0.25) is 0 Å². The van der Waals surface area contributed by atoms with Crippen molar-refractivity contribution in [2.75, 3.05) is 12.4 Å². The number of alkyl halides is 1. The highest BCUT2D eigenvalue weighted by Gasteiger charge is 2.00. The van der Waals surface area contributed by atoms with Crippen molar-refractivity contribution in [3.8, 4) is 5.75 Å². The summed E-state index contributed by atoms with van der Waals surface area (Å²) in [5.41, 5.74) is 0.945. The molecule has 0 saturated heterocycles. The minimum atomic E-state index is -0.263. The van der Waals surface area contributed by atoms with Gasteiger partial charge in [-0.25, -0.2) is 0 Å². The van der Waals surface area contributed by atoms with Gasteiger partial charge in [0.1, 0.15) is 17.7 Å². The molecular formula is C10H11BrO3. The van der Waals surface area contributed by atoms with E-state index in [4.69, 9.17) is 9.47 Å². The van der Waals surface area contributed by atoms with Crippen LogP contribution < -0.4 is 4.74 Å². The molecule has 3 nitrogen and oxygen atoms in total. The highest BCUT2D eigenvalue weighted by Crippen LogP contribution is 2.11. The summed E-state index contributed by atoms with van der Waals surface area (Å²) in [4.78, 5) is 10.8. The Morgan fingerprint density at radius 3 is 2.50 bits per heavy atom. The van der Waals surface area contributed by atoms with E-state index in [9.17, 15) is 4.79 Å². The van der Waals surface area contributed by atoms with Gasteiger partial charge in [0.05, 0.1) is 7.11 Å². The Kier molecular flexibility index (Phi) is 4.46. The number of ether oxygens (including phenoxy) is 2. The normalized spacial score (nSPS) is 9.57. The standard InChI is InChI=1S/C10H11BrO3/c1-13-9-4-2-8(3-5-9)7-14-10(12)6-11/h2-5H,6-7H2,1H3. The average Bonchev–Trinajstić information content (AvgIpc) is 2.26. The van der Waals surface area contributed by atoms with Crippen molar-refractivity contribution in [3.05, 3.63) is 29.8 Å². The first-order valence-electron chi connectivity index (χ1n) is 4.11. The molecule has 0 atom stereocenters. The van der Waals surface area contributed by atoms with E-state index in [1.807, 2.05) is 24.3 Å². The number of halogens is 1. The third kappa shape index (κ3) is 3.38. The van der Waals surface area contributed by atoms with Gasteiger partial charge in [0.25, 0.3) is 0 Å². The van der Waals surface area contributed by atoms with Crippen molar-refractivity contribution in [2.45, 2.75) is 6.61 Å². The van der Waals surface area contributed by atoms with E-state index in [-0.39, 0.29) is 11.3 Å². The van der Waals surface area contributed by atoms with Gasteiger partial charge >= 0.3 is 5.97 Å². The molecule has 0 spiro atoms. The van der Waals surface area contributed by atoms with Crippen LogP contribution in [-0.2, 0) is 16.1 Å². The smallest absolute Gasteiger partial charge is 0.316 e. The lowest BCUT2D eigenvalue weighted by atomic mass is 10.2. The summed E-state index contributed by atoms with van der Waals surface area (Å²) in [6.45, 7) is 0.300. The highest BCUT2D eigenvalue weighted by atomic mass is 79.9. The number of methoxy groups -OCH3 is 1. The van der Waals surface area contributed by atoms with Crippen molar-refractivity contribution in [3.63, 3.8) is 0 Å². The number of carbonyl (C=O) groups is 1. The van der Waals surface area contributed by atoms with E-state index < -0.39 is 0 Å². The SMILES string of the molecule is COc1ccc(COC(=O)CBr)cc1. The van der Waals surface area contributed by atoms with Gasteiger partial charge in [0.15, 0.2) is 0 Å². The van der Waals surface area contributed by atoms with Gasteiger partial charge in [-0.3, -0.25) is 4.79 Å². The van der Waals surface area contributed by atoms with Crippen molar-refractivity contribution in [1.29, 1.82) is 0 Å². The van der Waals surface area contributed by atoms with Gasteiger partial charge in [-0.2, -0.15) is 0 Å². The van der Waals surface area contributed by atoms with Crippen LogP contribution in [0.2, 0.25) is 0 Å². The molecule has 0 N–H and O–H groups in total. The van der Waals surface area contributed by atoms with Crippen molar-refractivity contribution >= 4 is 21.9 Å². The molecule has 0 aromatic heterocycles. The lowest BCUT2D eigenvalue weighted by Crippen LogP contribution is -2.04. The number of hydrogen-bond donors (Lipinski definition) is 0. The van der Waals surface area contributed by atoms with Gasteiger partial charge in [-0.05, 0) is 17.7 Å². The Balaban J connectivity index is 2.47. The van der Waals surface area contributed by atoms with Crippen molar-refractivity contribution in [1.82, 2.24) is 0 Å². The van der Waals surface area contributed by atoms with Crippen LogP contribution in [0.3, 0.4) is 0 Å². The van der Waals surface area contributed by atoms with Crippen LogP contribution in [0.1, 0.15) is 5.56 Å². The minimum absolute atomic E-state index is 0.225. The zero-order chi connectivity index (χ0) is 10.4. The molecule has 0 aliphatic rings. The van der Waals surface area contributed by atoms with Crippen LogP contribution in [0.4, 0.5) is 0 Å². The largest absolute Gasteiger partial charge is 0.497 e. The van der Waals surface area contributed by atoms with E-state index in [1.54, 1.807) is 7.11 Å². The van der Waals surface area contributed by atoms with Gasteiger partial charge in [0, 0.05) is 0 Å².